The Morgan fingerprint density at radius 2 is 1.94 bits per heavy atom. The molecule has 0 atom stereocenters. The van der Waals surface area contributed by atoms with Crippen molar-refractivity contribution in [2.24, 2.45) is 0 Å². The Balaban J connectivity index is 1.47. The largest absolute Gasteiger partial charge is 0.471 e. The van der Waals surface area contributed by atoms with E-state index in [0.717, 1.165) is 5.69 Å². The topological polar surface area (TPSA) is 99.2 Å². The third-order valence-corrected chi connectivity index (χ3v) is 4.86. The van der Waals surface area contributed by atoms with Gasteiger partial charge in [0.05, 0.1) is 11.3 Å². The molecule has 0 N–H and O–H groups in total. The van der Waals surface area contributed by atoms with Crippen LogP contribution in [0.1, 0.15) is 21.8 Å². The van der Waals surface area contributed by atoms with E-state index in [0.29, 0.717) is 37.3 Å². The van der Waals surface area contributed by atoms with E-state index in [2.05, 4.69) is 25.7 Å². The first-order valence-electron chi connectivity index (χ1n) is 9.26. The van der Waals surface area contributed by atoms with Crippen LogP contribution in [0, 0.1) is 11.3 Å². The molecule has 0 radical (unpaired) electrons. The quantitative estimate of drug-likeness (QED) is 0.632. The van der Waals surface area contributed by atoms with Crippen molar-refractivity contribution in [3.05, 3.63) is 59.7 Å². The number of benzene rings is 1. The van der Waals surface area contributed by atoms with Gasteiger partial charge in [-0.3, -0.25) is 9.78 Å². The number of aromatic nitrogens is 3. The van der Waals surface area contributed by atoms with Gasteiger partial charge in [0.25, 0.3) is 5.91 Å². The Bertz CT molecular complexity index is 1150. The Labute approximate surface area is 174 Å². The Morgan fingerprint density at radius 1 is 1.16 bits per heavy atom. The molecular formula is C20H15F3N6O2. The molecule has 2 aromatic heterocycles. The maximum Gasteiger partial charge on any atom is 0.471 e. The number of rotatable bonds is 3. The number of hydrogen-bond donors (Lipinski definition) is 0. The van der Waals surface area contributed by atoms with Crippen LogP contribution >= 0.6 is 0 Å². The summed E-state index contributed by atoms with van der Waals surface area (Å²) in [6.07, 6.45) is -1.62. The summed E-state index contributed by atoms with van der Waals surface area (Å²) in [7, 11) is 0. The van der Waals surface area contributed by atoms with E-state index < -0.39 is 12.1 Å². The van der Waals surface area contributed by atoms with Crippen molar-refractivity contribution < 1.29 is 22.5 Å². The fraction of sp³-hybridized carbons (Fsp3) is 0.250. The molecule has 1 saturated heterocycles. The van der Waals surface area contributed by atoms with Crippen LogP contribution in [0.15, 0.2) is 47.2 Å². The van der Waals surface area contributed by atoms with E-state index in [1.165, 1.54) is 18.3 Å². The van der Waals surface area contributed by atoms with Crippen molar-refractivity contribution >= 4 is 11.6 Å². The lowest BCUT2D eigenvalue weighted by atomic mass is 10.1. The van der Waals surface area contributed by atoms with E-state index in [1.807, 2.05) is 4.90 Å². The summed E-state index contributed by atoms with van der Waals surface area (Å²) in [4.78, 5) is 23.9. The second-order valence-electron chi connectivity index (χ2n) is 6.79. The number of nitriles is 1. The van der Waals surface area contributed by atoms with Gasteiger partial charge in [-0.1, -0.05) is 17.3 Å². The third kappa shape index (κ3) is 4.18. The average molecular weight is 428 g/mol. The van der Waals surface area contributed by atoms with E-state index in [9.17, 15) is 23.2 Å². The van der Waals surface area contributed by atoms with Gasteiger partial charge in [0.15, 0.2) is 0 Å². The number of halogens is 3. The van der Waals surface area contributed by atoms with Gasteiger partial charge in [-0.25, -0.2) is 0 Å². The lowest BCUT2D eigenvalue weighted by molar-refractivity contribution is -0.159. The maximum atomic E-state index is 12.9. The summed E-state index contributed by atoms with van der Waals surface area (Å²) in [6, 6.07) is 9.96. The minimum absolute atomic E-state index is 0.242. The van der Waals surface area contributed by atoms with E-state index in [4.69, 9.17) is 0 Å². The first kappa shape index (κ1) is 20.3. The van der Waals surface area contributed by atoms with E-state index >= 15 is 0 Å². The van der Waals surface area contributed by atoms with E-state index in [-0.39, 0.29) is 17.3 Å². The molecule has 1 amide bonds. The van der Waals surface area contributed by atoms with Crippen LogP contribution in [0.3, 0.4) is 0 Å². The molecule has 158 valence electrons. The fourth-order valence-electron chi connectivity index (χ4n) is 3.33. The van der Waals surface area contributed by atoms with Gasteiger partial charge < -0.3 is 14.3 Å². The predicted octanol–water partition coefficient (Wildman–Crippen LogP) is 2.98. The van der Waals surface area contributed by atoms with Gasteiger partial charge in [-0.2, -0.15) is 23.4 Å². The minimum Gasteiger partial charge on any atom is -0.367 e. The monoisotopic (exact) mass is 428 g/mol. The molecule has 1 fully saturated rings. The Hall–Kier alpha value is -3.94. The molecule has 8 nitrogen and oxygen atoms in total. The molecule has 1 aromatic carbocycles. The minimum atomic E-state index is -4.74. The molecule has 0 saturated carbocycles. The van der Waals surface area contributed by atoms with Gasteiger partial charge in [0, 0.05) is 49.7 Å². The lowest BCUT2D eigenvalue weighted by Gasteiger charge is -2.36. The van der Waals surface area contributed by atoms with E-state index in [1.54, 1.807) is 29.3 Å². The molecule has 3 heterocycles. The van der Waals surface area contributed by atoms with Crippen molar-refractivity contribution in [2.45, 2.75) is 6.18 Å². The molecule has 0 bridgehead atoms. The van der Waals surface area contributed by atoms with Crippen molar-refractivity contribution in [3.8, 4) is 17.5 Å². The summed E-state index contributed by atoms with van der Waals surface area (Å²) in [5.74, 6) is -1.94. The van der Waals surface area contributed by atoms with Crippen LogP contribution in [-0.2, 0) is 6.18 Å². The molecular weight excluding hydrogens is 413 g/mol. The Morgan fingerprint density at radius 3 is 2.61 bits per heavy atom. The molecule has 0 unspecified atom stereocenters. The Kier molecular flexibility index (Phi) is 5.29. The average Bonchev–Trinajstić information content (AvgIpc) is 3.30. The number of pyridine rings is 1. The molecule has 1 aliphatic rings. The summed E-state index contributed by atoms with van der Waals surface area (Å²) in [6.45, 7) is 1.92. The highest BCUT2D eigenvalue weighted by molar-refractivity contribution is 5.95. The summed E-state index contributed by atoms with van der Waals surface area (Å²) in [5.41, 5.74) is 1.79. The molecule has 31 heavy (non-hydrogen) atoms. The van der Waals surface area contributed by atoms with Crippen LogP contribution in [0.5, 0.6) is 0 Å². The number of alkyl halides is 3. The number of carbonyl (C=O) groups is 1. The number of carbonyl (C=O) groups excluding carboxylic acids is 1. The van der Waals surface area contributed by atoms with Gasteiger partial charge >= 0.3 is 12.1 Å². The van der Waals surface area contributed by atoms with Crippen LogP contribution in [0.25, 0.3) is 11.4 Å². The van der Waals surface area contributed by atoms with Crippen molar-refractivity contribution in [1.29, 1.82) is 5.26 Å². The zero-order chi connectivity index (χ0) is 22.0. The highest BCUT2D eigenvalue weighted by atomic mass is 19.4. The summed E-state index contributed by atoms with van der Waals surface area (Å²) in [5, 5.41) is 12.6. The highest BCUT2D eigenvalue weighted by Crippen LogP contribution is 2.29. The molecule has 0 spiro atoms. The number of nitrogens with zero attached hydrogens (tertiary/aromatic N) is 6. The van der Waals surface area contributed by atoms with Crippen LogP contribution in [0.2, 0.25) is 0 Å². The second kappa shape index (κ2) is 8.06. The summed E-state index contributed by atoms with van der Waals surface area (Å²) < 4.78 is 42.3. The number of anilines is 1. The molecule has 11 heteroatoms. The zero-order valence-electron chi connectivity index (χ0n) is 16.0. The molecule has 0 aliphatic carbocycles. The maximum absolute atomic E-state index is 12.9. The standard InChI is InChI=1S/C20H15F3N6O2/c21-20(22,23)19-26-17(27-31-19)13-2-1-3-14(10-13)18(30)29-8-6-28(7-9-29)16-4-5-25-12-15(16)11-24/h1-5,10,12H,6-9H2. The normalized spacial score (nSPS) is 14.4. The highest BCUT2D eigenvalue weighted by Gasteiger charge is 2.38. The second-order valence-corrected chi connectivity index (χ2v) is 6.79. The van der Waals surface area contributed by atoms with Crippen molar-refractivity contribution in [2.75, 3.05) is 31.1 Å². The fourth-order valence-corrected chi connectivity index (χ4v) is 3.33. The number of amides is 1. The van der Waals surface area contributed by atoms with Gasteiger partial charge in [-0.15, -0.1) is 0 Å². The van der Waals surface area contributed by atoms with Gasteiger partial charge in [0.1, 0.15) is 6.07 Å². The van der Waals surface area contributed by atoms with Gasteiger partial charge in [-0.05, 0) is 18.2 Å². The third-order valence-electron chi connectivity index (χ3n) is 4.86. The van der Waals surface area contributed by atoms with Crippen LogP contribution in [0.4, 0.5) is 18.9 Å². The summed E-state index contributed by atoms with van der Waals surface area (Å²) >= 11 is 0. The first-order valence-corrected chi connectivity index (χ1v) is 9.26. The van der Waals surface area contributed by atoms with Crippen molar-refractivity contribution in [1.82, 2.24) is 20.0 Å². The van der Waals surface area contributed by atoms with Crippen molar-refractivity contribution in [3.63, 3.8) is 0 Å². The number of piperazine rings is 1. The molecule has 3 aromatic rings. The van der Waals surface area contributed by atoms with Crippen LogP contribution < -0.4 is 4.90 Å². The molecule has 1 aliphatic heterocycles. The molecule has 4 rings (SSSR count). The lowest BCUT2D eigenvalue weighted by Crippen LogP contribution is -2.49. The first-order chi connectivity index (χ1) is 14.9. The van der Waals surface area contributed by atoms with Crippen LogP contribution in [-0.4, -0.2) is 52.1 Å². The zero-order valence-corrected chi connectivity index (χ0v) is 16.0. The predicted molar refractivity (Wildman–Crippen MR) is 102 cm³/mol. The smallest absolute Gasteiger partial charge is 0.367 e. The van der Waals surface area contributed by atoms with Gasteiger partial charge in [0.2, 0.25) is 5.82 Å². The SMILES string of the molecule is N#Cc1cnccc1N1CCN(C(=O)c2cccc(-c3noc(C(F)(F)F)n3)c2)CC1. The number of hydrogen-bond acceptors (Lipinski definition) is 7.